The second-order valence-electron chi connectivity index (χ2n) is 3.49. The number of carbonyl (C=O) groups is 1. The first-order valence-electron chi connectivity index (χ1n) is 4.36. The van der Waals surface area contributed by atoms with Gasteiger partial charge in [0.2, 0.25) is 0 Å². The Bertz CT molecular complexity index is 280. The molecule has 0 aromatic carbocycles. The lowest BCUT2D eigenvalue weighted by molar-refractivity contribution is -0.148. The molecular formula is C8H16O5S. The minimum atomic E-state index is -4.04. The maximum atomic E-state index is 11.2. The molecule has 1 N–H and O–H groups in total. The summed E-state index contributed by atoms with van der Waals surface area (Å²) in [5, 5.41) is 0. The van der Waals surface area contributed by atoms with Gasteiger partial charge in [0.15, 0.2) is 0 Å². The Hall–Kier alpha value is -0.620. The summed E-state index contributed by atoms with van der Waals surface area (Å²) in [7, 11) is -4.04. The second-order valence-corrected chi connectivity index (χ2v) is 5.06. The Labute approximate surface area is 84.2 Å². The Kier molecular flexibility index (Phi) is 5.07. The molecular weight excluding hydrogens is 208 g/mol. The average molecular weight is 224 g/mol. The van der Waals surface area contributed by atoms with Crippen LogP contribution < -0.4 is 0 Å². The van der Waals surface area contributed by atoms with Crippen molar-refractivity contribution in [2.75, 3.05) is 12.4 Å². The number of esters is 1. The first-order chi connectivity index (χ1) is 6.24. The molecule has 0 radical (unpaired) electrons. The van der Waals surface area contributed by atoms with Crippen molar-refractivity contribution >= 4 is 16.1 Å². The van der Waals surface area contributed by atoms with Crippen LogP contribution in [0.2, 0.25) is 0 Å². The highest BCUT2D eigenvalue weighted by molar-refractivity contribution is 7.85. The van der Waals surface area contributed by atoms with Crippen molar-refractivity contribution < 1.29 is 22.5 Å². The van der Waals surface area contributed by atoms with Crippen LogP contribution in [0.5, 0.6) is 0 Å². The van der Waals surface area contributed by atoms with E-state index in [2.05, 4.69) is 4.74 Å². The number of hydrogen-bond donors (Lipinski definition) is 1. The Morgan fingerprint density at radius 1 is 1.36 bits per heavy atom. The van der Waals surface area contributed by atoms with E-state index in [9.17, 15) is 13.2 Å². The quantitative estimate of drug-likeness (QED) is 0.549. The summed E-state index contributed by atoms with van der Waals surface area (Å²) in [6.07, 6.45) is 0. The molecule has 6 heteroatoms. The molecule has 0 bridgehead atoms. The molecule has 0 spiro atoms. The zero-order chi connectivity index (χ0) is 11.4. The molecule has 0 aromatic heterocycles. The number of ether oxygens (including phenoxy) is 1. The number of rotatable bonds is 5. The fourth-order valence-corrected chi connectivity index (χ4v) is 0.945. The van der Waals surface area contributed by atoms with Crippen LogP contribution in [0.1, 0.15) is 20.8 Å². The van der Waals surface area contributed by atoms with Crippen molar-refractivity contribution in [2.24, 2.45) is 11.8 Å². The van der Waals surface area contributed by atoms with Crippen molar-refractivity contribution in [2.45, 2.75) is 20.8 Å². The molecule has 0 fully saturated rings. The van der Waals surface area contributed by atoms with Crippen molar-refractivity contribution in [3.63, 3.8) is 0 Å². The highest BCUT2D eigenvalue weighted by Gasteiger charge is 2.18. The van der Waals surface area contributed by atoms with Crippen molar-refractivity contribution in [1.82, 2.24) is 0 Å². The third-order valence-corrected chi connectivity index (χ3v) is 2.64. The second kappa shape index (κ2) is 5.31. The molecule has 1 atom stereocenters. The maximum absolute atomic E-state index is 11.2. The Morgan fingerprint density at radius 2 is 1.86 bits per heavy atom. The SMILES string of the molecule is CC(C)C(C)C(=O)OCCS(=O)(=O)O. The van der Waals surface area contributed by atoms with Crippen LogP contribution >= 0.6 is 0 Å². The molecule has 0 aliphatic heterocycles. The molecule has 0 aliphatic carbocycles. The van der Waals surface area contributed by atoms with E-state index in [0.29, 0.717) is 0 Å². The van der Waals surface area contributed by atoms with Crippen molar-refractivity contribution in [3.05, 3.63) is 0 Å². The first-order valence-corrected chi connectivity index (χ1v) is 5.96. The maximum Gasteiger partial charge on any atom is 0.308 e. The normalized spacial score (nSPS) is 14.1. The van der Waals surface area contributed by atoms with Gasteiger partial charge in [0.1, 0.15) is 12.4 Å². The average Bonchev–Trinajstić information content (AvgIpc) is 2.00. The van der Waals surface area contributed by atoms with Crippen LogP contribution in [0.25, 0.3) is 0 Å². The van der Waals surface area contributed by atoms with Crippen LogP contribution in [-0.2, 0) is 19.6 Å². The summed E-state index contributed by atoms with van der Waals surface area (Å²) in [6, 6.07) is 0. The molecule has 5 nitrogen and oxygen atoms in total. The van der Waals surface area contributed by atoms with E-state index in [4.69, 9.17) is 4.55 Å². The molecule has 14 heavy (non-hydrogen) atoms. The predicted molar refractivity (Wildman–Crippen MR) is 51.4 cm³/mol. The summed E-state index contributed by atoms with van der Waals surface area (Å²) < 4.78 is 33.6. The first kappa shape index (κ1) is 13.4. The molecule has 1 unspecified atom stereocenters. The molecule has 84 valence electrons. The molecule has 0 saturated carbocycles. The fraction of sp³-hybridized carbons (Fsp3) is 0.875. The Morgan fingerprint density at radius 3 is 2.21 bits per heavy atom. The number of carbonyl (C=O) groups excluding carboxylic acids is 1. The molecule has 0 amide bonds. The summed E-state index contributed by atoms with van der Waals surface area (Å²) in [5.41, 5.74) is 0. The van der Waals surface area contributed by atoms with Gasteiger partial charge in [-0.15, -0.1) is 0 Å². The lowest BCUT2D eigenvalue weighted by Crippen LogP contribution is -2.22. The minimum Gasteiger partial charge on any atom is -0.464 e. The summed E-state index contributed by atoms with van der Waals surface area (Å²) in [4.78, 5) is 11.2. The molecule has 0 rings (SSSR count). The topological polar surface area (TPSA) is 80.7 Å². The Balaban J connectivity index is 3.87. The van der Waals surface area contributed by atoms with Crippen molar-refractivity contribution in [1.29, 1.82) is 0 Å². The van der Waals surface area contributed by atoms with E-state index in [1.54, 1.807) is 6.92 Å². The zero-order valence-corrected chi connectivity index (χ0v) is 9.37. The van der Waals surface area contributed by atoms with E-state index in [1.165, 1.54) is 0 Å². The third kappa shape index (κ3) is 5.93. The molecule has 0 aromatic rings. The van der Waals surface area contributed by atoms with Crippen LogP contribution in [0.4, 0.5) is 0 Å². The van der Waals surface area contributed by atoms with Gasteiger partial charge in [-0.05, 0) is 5.92 Å². The van der Waals surface area contributed by atoms with Gasteiger partial charge in [-0.2, -0.15) is 8.42 Å². The summed E-state index contributed by atoms with van der Waals surface area (Å²) in [5.74, 6) is -1.11. The van der Waals surface area contributed by atoms with Gasteiger partial charge in [0.05, 0.1) is 5.92 Å². The molecule has 0 saturated heterocycles. The zero-order valence-electron chi connectivity index (χ0n) is 8.56. The smallest absolute Gasteiger partial charge is 0.308 e. The van der Waals surface area contributed by atoms with Gasteiger partial charge in [-0.1, -0.05) is 20.8 Å². The predicted octanol–water partition coefficient (Wildman–Crippen LogP) is 0.710. The van der Waals surface area contributed by atoms with Gasteiger partial charge in [-0.25, -0.2) is 0 Å². The van der Waals surface area contributed by atoms with Crippen LogP contribution in [-0.4, -0.2) is 31.3 Å². The van der Waals surface area contributed by atoms with Gasteiger partial charge < -0.3 is 4.74 Å². The van der Waals surface area contributed by atoms with Gasteiger partial charge >= 0.3 is 5.97 Å². The van der Waals surface area contributed by atoms with E-state index in [-0.39, 0.29) is 18.4 Å². The van der Waals surface area contributed by atoms with Crippen LogP contribution in [0.3, 0.4) is 0 Å². The largest absolute Gasteiger partial charge is 0.464 e. The van der Waals surface area contributed by atoms with Gasteiger partial charge in [0.25, 0.3) is 10.1 Å². The van der Waals surface area contributed by atoms with E-state index in [0.717, 1.165) is 0 Å². The molecule has 0 heterocycles. The molecule has 0 aliphatic rings. The number of hydrogen-bond acceptors (Lipinski definition) is 4. The highest BCUT2D eigenvalue weighted by atomic mass is 32.2. The van der Waals surface area contributed by atoms with Crippen LogP contribution in [0, 0.1) is 11.8 Å². The van der Waals surface area contributed by atoms with E-state index < -0.39 is 21.8 Å². The van der Waals surface area contributed by atoms with Crippen molar-refractivity contribution in [3.8, 4) is 0 Å². The fourth-order valence-electron chi connectivity index (χ4n) is 0.651. The highest BCUT2D eigenvalue weighted by Crippen LogP contribution is 2.11. The van der Waals surface area contributed by atoms with Gasteiger partial charge in [0, 0.05) is 0 Å². The minimum absolute atomic E-state index is 0.147. The lowest BCUT2D eigenvalue weighted by atomic mass is 9.99. The lowest BCUT2D eigenvalue weighted by Gasteiger charge is -2.13. The summed E-state index contributed by atoms with van der Waals surface area (Å²) in [6.45, 7) is 5.15. The third-order valence-electron chi connectivity index (χ3n) is 1.96. The monoisotopic (exact) mass is 224 g/mol. The van der Waals surface area contributed by atoms with E-state index in [1.807, 2.05) is 13.8 Å². The van der Waals surface area contributed by atoms with Crippen LogP contribution in [0.15, 0.2) is 0 Å². The van der Waals surface area contributed by atoms with Gasteiger partial charge in [-0.3, -0.25) is 9.35 Å². The summed E-state index contributed by atoms with van der Waals surface area (Å²) >= 11 is 0. The van der Waals surface area contributed by atoms with E-state index >= 15 is 0 Å². The standard InChI is InChI=1S/C8H16O5S/c1-6(2)7(3)8(9)13-4-5-14(10,11)12/h6-7H,4-5H2,1-3H3,(H,10,11,12).